The Kier molecular flexibility index (Phi) is 4.52. The van der Waals surface area contributed by atoms with E-state index in [1.165, 1.54) is 0 Å². The molecule has 8 heteroatoms. The van der Waals surface area contributed by atoms with Gasteiger partial charge in [-0.05, 0) is 37.5 Å². The van der Waals surface area contributed by atoms with Crippen molar-refractivity contribution in [3.63, 3.8) is 0 Å². The van der Waals surface area contributed by atoms with E-state index in [2.05, 4.69) is 10.6 Å². The fraction of sp³-hybridized carbons (Fsp3) is 0.500. The summed E-state index contributed by atoms with van der Waals surface area (Å²) >= 11 is 0. The molecule has 1 fully saturated rings. The van der Waals surface area contributed by atoms with E-state index in [9.17, 15) is 14.4 Å². The molecule has 0 bridgehead atoms. The normalized spacial score (nSPS) is 22.6. The van der Waals surface area contributed by atoms with Crippen molar-refractivity contribution < 1.29 is 23.9 Å². The highest BCUT2D eigenvalue weighted by atomic mass is 16.7. The van der Waals surface area contributed by atoms with Crippen LogP contribution in [0.15, 0.2) is 18.2 Å². The molecule has 0 saturated carbocycles. The van der Waals surface area contributed by atoms with E-state index in [0.717, 1.165) is 4.90 Å². The number of carbonyl (C=O) groups excluding carboxylic acids is 3. The molecule has 0 spiro atoms. The average Bonchev–Trinajstić information content (AvgIpc) is 3.13. The van der Waals surface area contributed by atoms with Crippen molar-refractivity contribution in [1.29, 1.82) is 0 Å². The van der Waals surface area contributed by atoms with Gasteiger partial charge in [-0.15, -0.1) is 0 Å². The number of imide groups is 1. The number of urea groups is 1. The fourth-order valence-corrected chi connectivity index (χ4v) is 2.85. The summed E-state index contributed by atoms with van der Waals surface area (Å²) in [6.07, 6.45) is 0. The molecule has 2 atom stereocenters. The quantitative estimate of drug-likeness (QED) is 0.772. The summed E-state index contributed by atoms with van der Waals surface area (Å²) in [6, 6.07) is 4.43. The van der Waals surface area contributed by atoms with Gasteiger partial charge >= 0.3 is 6.03 Å². The van der Waals surface area contributed by atoms with Crippen molar-refractivity contribution in [2.24, 2.45) is 5.92 Å². The van der Waals surface area contributed by atoms with Crippen LogP contribution in [0.3, 0.4) is 0 Å². The van der Waals surface area contributed by atoms with Gasteiger partial charge in [0.1, 0.15) is 12.1 Å². The lowest BCUT2D eigenvalue weighted by molar-refractivity contribution is -0.135. The number of amides is 4. The second kappa shape index (κ2) is 6.51. The number of hydrogen-bond donors (Lipinski definition) is 2. The van der Waals surface area contributed by atoms with Gasteiger partial charge in [0.15, 0.2) is 11.5 Å². The molecule has 1 aromatic rings. The van der Waals surface area contributed by atoms with Crippen LogP contribution in [0.4, 0.5) is 4.79 Å². The van der Waals surface area contributed by atoms with Gasteiger partial charge in [0.2, 0.25) is 12.7 Å². The Morgan fingerprint density at radius 3 is 2.65 bits per heavy atom. The van der Waals surface area contributed by atoms with Gasteiger partial charge in [0.25, 0.3) is 5.91 Å². The average molecular weight is 361 g/mol. The molecule has 4 amide bonds. The largest absolute Gasteiger partial charge is 0.454 e. The van der Waals surface area contributed by atoms with E-state index in [4.69, 9.17) is 9.47 Å². The number of benzene rings is 1. The first-order chi connectivity index (χ1) is 12.2. The van der Waals surface area contributed by atoms with E-state index in [0.29, 0.717) is 17.1 Å². The number of rotatable bonds is 5. The molecule has 2 aliphatic rings. The molecule has 0 radical (unpaired) electrons. The lowest BCUT2D eigenvalue weighted by Crippen LogP contribution is -2.46. The molecule has 0 aliphatic carbocycles. The summed E-state index contributed by atoms with van der Waals surface area (Å²) in [7, 11) is 0. The Hall–Kier alpha value is -2.77. The molecule has 26 heavy (non-hydrogen) atoms. The van der Waals surface area contributed by atoms with E-state index in [1.54, 1.807) is 25.1 Å². The Morgan fingerprint density at radius 2 is 1.96 bits per heavy atom. The number of ether oxygens (including phenoxy) is 2. The lowest BCUT2D eigenvalue weighted by atomic mass is 9.91. The molecule has 140 valence electrons. The number of nitrogens with zero attached hydrogens (tertiary/aromatic N) is 1. The minimum atomic E-state index is -1.26. The van der Waals surface area contributed by atoms with Crippen molar-refractivity contribution in [2.45, 2.75) is 39.3 Å². The Morgan fingerprint density at radius 1 is 1.27 bits per heavy atom. The van der Waals surface area contributed by atoms with Crippen LogP contribution in [0.2, 0.25) is 0 Å². The number of hydrogen-bond acceptors (Lipinski definition) is 5. The monoisotopic (exact) mass is 361 g/mol. The first kappa shape index (κ1) is 18.0. The molecule has 2 heterocycles. The van der Waals surface area contributed by atoms with Crippen molar-refractivity contribution in [1.82, 2.24) is 15.5 Å². The molecule has 1 saturated heterocycles. The fourth-order valence-electron chi connectivity index (χ4n) is 2.85. The zero-order valence-electron chi connectivity index (χ0n) is 15.3. The van der Waals surface area contributed by atoms with E-state index < -0.39 is 17.5 Å². The maximum absolute atomic E-state index is 12.9. The highest BCUT2D eigenvalue weighted by Gasteiger charge is 2.49. The van der Waals surface area contributed by atoms with E-state index in [1.807, 2.05) is 20.8 Å². The maximum Gasteiger partial charge on any atom is 0.325 e. The van der Waals surface area contributed by atoms with Crippen LogP contribution in [0, 0.1) is 5.92 Å². The third-order valence-electron chi connectivity index (χ3n) is 4.92. The van der Waals surface area contributed by atoms with Crippen molar-refractivity contribution in [3.05, 3.63) is 23.8 Å². The van der Waals surface area contributed by atoms with Crippen LogP contribution in [0.5, 0.6) is 11.5 Å². The third kappa shape index (κ3) is 3.07. The van der Waals surface area contributed by atoms with Gasteiger partial charge in [-0.25, -0.2) is 4.79 Å². The van der Waals surface area contributed by atoms with E-state index in [-0.39, 0.29) is 31.2 Å². The Labute approximate surface area is 151 Å². The Bertz CT molecular complexity index is 763. The standard InChI is InChI=1S/C18H23N3O5/c1-10(2)11(3)19-15(22)8-21-16(23)18(4,20-17(21)24)12-5-6-13-14(7-12)26-9-25-13/h5-7,10-11H,8-9H2,1-4H3,(H,19,22)(H,20,24)/t11-,18+/m0/s1. The maximum atomic E-state index is 12.9. The third-order valence-corrected chi connectivity index (χ3v) is 4.92. The van der Waals surface area contributed by atoms with Gasteiger partial charge in [-0.1, -0.05) is 19.9 Å². The van der Waals surface area contributed by atoms with Crippen molar-refractivity contribution in [2.75, 3.05) is 13.3 Å². The van der Waals surface area contributed by atoms with Gasteiger partial charge in [-0.2, -0.15) is 0 Å². The second-order valence-electron chi connectivity index (χ2n) is 7.11. The highest BCUT2D eigenvalue weighted by molar-refractivity contribution is 6.09. The molecule has 8 nitrogen and oxygen atoms in total. The number of nitrogens with one attached hydrogen (secondary N) is 2. The summed E-state index contributed by atoms with van der Waals surface area (Å²) < 4.78 is 10.6. The molecular weight excluding hydrogens is 338 g/mol. The van der Waals surface area contributed by atoms with Crippen LogP contribution < -0.4 is 20.1 Å². The van der Waals surface area contributed by atoms with Crippen molar-refractivity contribution in [3.8, 4) is 11.5 Å². The number of fused-ring (bicyclic) bond motifs is 1. The smallest absolute Gasteiger partial charge is 0.325 e. The summed E-state index contributed by atoms with van der Waals surface area (Å²) in [5, 5.41) is 5.48. The SMILES string of the molecule is CC(C)[C@H](C)NC(=O)CN1C(=O)N[C@](C)(c2ccc3c(c2)OCO3)C1=O. The van der Waals surface area contributed by atoms with Crippen LogP contribution in [-0.4, -0.2) is 42.1 Å². The zero-order valence-corrected chi connectivity index (χ0v) is 15.3. The van der Waals surface area contributed by atoms with Gasteiger partial charge < -0.3 is 20.1 Å². The minimum Gasteiger partial charge on any atom is -0.454 e. The molecular formula is C18H23N3O5. The molecule has 1 aromatic carbocycles. The summed E-state index contributed by atoms with van der Waals surface area (Å²) in [5.41, 5.74) is -0.694. The van der Waals surface area contributed by atoms with Gasteiger partial charge in [-0.3, -0.25) is 14.5 Å². The minimum absolute atomic E-state index is 0.0523. The highest BCUT2D eigenvalue weighted by Crippen LogP contribution is 2.37. The first-order valence-corrected chi connectivity index (χ1v) is 8.56. The van der Waals surface area contributed by atoms with Gasteiger partial charge in [0, 0.05) is 6.04 Å². The predicted octanol–water partition coefficient (Wildman–Crippen LogP) is 1.34. The topological polar surface area (TPSA) is 97.0 Å². The molecule has 3 rings (SSSR count). The summed E-state index contributed by atoms with van der Waals surface area (Å²) in [4.78, 5) is 38.3. The van der Waals surface area contributed by atoms with E-state index >= 15 is 0 Å². The molecule has 2 aliphatic heterocycles. The Balaban J connectivity index is 1.77. The van der Waals surface area contributed by atoms with Crippen LogP contribution in [0.1, 0.15) is 33.3 Å². The molecule has 0 unspecified atom stereocenters. The van der Waals surface area contributed by atoms with Crippen molar-refractivity contribution >= 4 is 17.8 Å². The summed E-state index contributed by atoms with van der Waals surface area (Å²) in [6.45, 7) is 7.26. The molecule has 2 N–H and O–H groups in total. The van der Waals surface area contributed by atoms with Crippen LogP contribution in [-0.2, 0) is 15.1 Å². The lowest BCUT2D eigenvalue weighted by Gasteiger charge is -2.23. The summed E-state index contributed by atoms with van der Waals surface area (Å²) in [5.74, 6) is 0.514. The zero-order chi connectivity index (χ0) is 19.1. The number of carbonyl (C=O) groups is 3. The first-order valence-electron chi connectivity index (χ1n) is 8.56. The van der Waals surface area contributed by atoms with Crippen LogP contribution in [0.25, 0.3) is 0 Å². The second-order valence-corrected chi connectivity index (χ2v) is 7.11. The van der Waals surface area contributed by atoms with Crippen LogP contribution >= 0.6 is 0 Å². The van der Waals surface area contributed by atoms with Gasteiger partial charge in [0.05, 0.1) is 0 Å². The molecule has 0 aromatic heterocycles. The predicted molar refractivity (Wildman–Crippen MR) is 92.6 cm³/mol.